The molecule has 0 unspecified atom stereocenters. The largest absolute Gasteiger partial charge is 0.342 e. The summed E-state index contributed by atoms with van der Waals surface area (Å²) >= 11 is 1.58. The normalized spacial score (nSPS) is 11.3. The Morgan fingerprint density at radius 2 is 2.06 bits per heavy atom. The van der Waals surface area contributed by atoms with Crippen molar-refractivity contribution in [1.82, 2.24) is 5.32 Å². The van der Waals surface area contributed by atoms with Gasteiger partial charge in [0, 0.05) is 10.4 Å². The molecule has 0 saturated heterocycles. The number of carbonyl (C=O) groups excluding carboxylic acids is 1. The van der Waals surface area contributed by atoms with Gasteiger partial charge in [0.25, 0.3) is 5.91 Å². The lowest BCUT2D eigenvalue weighted by Crippen LogP contribution is -2.40. The van der Waals surface area contributed by atoms with Crippen LogP contribution in [0.1, 0.15) is 29.1 Å². The molecule has 0 bridgehead atoms. The molecule has 1 aromatic heterocycles. The number of amides is 1. The number of benzene rings is 1. The van der Waals surface area contributed by atoms with Crippen LogP contribution in [0.5, 0.6) is 0 Å². The van der Waals surface area contributed by atoms with Crippen molar-refractivity contribution in [1.29, 1.82) is 0 Å². The van der Waals surface area contributed by atoms with Gasteiger partial charge in [0.15, 0.2) is 0 Å². The molecule has 2 rings (SSSR count). The number of thiophene rings is 1. The lowest BCUT2D eigenvalue weighted by Gasteiger charge is -2.25. The van der Waals surface area contributed by atoms with E-state index in [-0.39, 0.29) is 5.91 Å². The Kier molecular flexibility index (Phi) is 3.48. The second-order valence-corrected chi connectivity index (χ2v) is 5.51. The number of halogens is 1. The number of nitrogens with one attached hydrogen (secondary N) is 1. The first-order valence-electron chi connectivity index (χ1n) is 5.61. The highest BCUT2D eigenvalue weighted by Crippen LogP contribution is 2.25. The quantitative estimate of drug-likeness (QED) is 0.901. The Labute approximate surface area is 109 Å². The Morgan fingerprint density at radius 1 is 1.28 bits per heavy atom. The summed E-state index contributed by atoms with van der Waals surface area (Å²) in [6, 6.07) is 9.60. The first-order chi connectivity index (χ1) is 8.49. The van der Waals surface area contributed by atoms with E-state index in [0.717, 1.165) is 4.88 Å². The molecule has 0 spiro atoms. The third-order valence-corrected chi connectivity index (χ3v) is 3.84. The van der Waals surface area contributed by atoms with Gasteiger partial charge in [-0.1, -0.05) is 12.1 Å². The molecule has 2 nitrogen and oxygen atoms in total. The summed E-state index contributed by atoms with van der Waals surface area (Å²) < 4.78 is 13.1. The standard InChI is InChI=1S/C14H14FNOS/c1-14(2,12-7-4-8-18-12)16-13(17)10-5-3-6-11(15)9-10/h3-9H,1-2H3,(H,16,17). The van der Waals surface area contributed by atoms with E-state index in [1.54, 1.807) is 17.4 Å². The molecule has 18 heavy (non-hydrogen) atoms. The molecule has 0 aliphatic carbocycles. The van der Waals surface area contributed by atoms with E-state index in [1.165, 1.54) is 18.2 Å². The van der Waals surface area contributed by atoms with Crippen molar-refractivity contribution in [2.45, 2.75) is 19.4 Å². The van der Waals surface area contributed by atoms with E-state index in [1.807, 2.05) is 31.4 Å². The monoisotopic (exact) mass is 263 g/mol. The minimum atomic E-state index is -0.461. The molecule has 2 aromatic rings. The molecule has 0 saturated carbocycles. The summed E-state index contributed by atoms with van der Waals surface area (Å²) in [4.78, 5) is 13.1. The van der Waals surface area contributed by atoms with E-state index in [0.29, 0.717) is 5.56 Å². The maximum absolute atomic E-state index is 13.1. The maximum Gasteiger partial charge on any atom is 0.252 e. The van der Waals surface area contributed by atoms with Gasteiger partial charge in [-0.2, -0.15) is 0 Å². The highest BCUT2D eigenvalue weighted by molar-refractivity contribution is 7.10. The van der Waals surface area contributed by atoms with Crippen LogP contribution in [0.3, 0.4) is 0 Å². The summed E-state index contributed by atoms with van der Waals surface area (Å²) in [7, 11) is 0. The van der Waals surface area contributed by atoms with Crippen LogP contribution in [0.4, 0.5) is 4.39 Å². The van der Waals surface area contributed by atoms with Crippen molar-refractivity contribution in [2.24, 2.45) is 0 Å². The summed E-state index contributed by atoms with van der Waals surface area (Å²) in [5.74, 6) is -0.676. The van der Waals surface area contributed by atoms with Crippen molar-refractivity contribution in [3.05, 3.63) is 58.0 Å². The highest BCUT2D eigenvalue weighted by atomic mass is 32.1. The molecular formula is C14H14FNOS. The Bertz CT molecular complexity index is 549. The summed E-state index contributed by atoms with van der Waals surface area (Å²) in [5, 5.41) is 4.87. The molecule has 1 aromatic carbocycles. The third-order valence-electron chi connectivity index (χ3n) is 2.65. The third kappa shape index (κ3) is 2.76. The van der Waals surface area contributed by atoms with Crippen LogP contribution in [-0.2, 0) is 5.54 Å². The van der Waals surface area contributed by atoms with Crippen LogP contribution in [0, 0.1) is 5.82 Å². The highest BCUT2D eigenvalue weighted by Gasteiger charge is 2.24. The lowest BCUT2D eigenvalue weighted by molar-refractivity contribution is 0.0913. The molecule has 4 heteroatoms. The zero-order valence-corrected chi connectivity index (χ0v) is 11.1. The van der Waals surface area contributed by atoms with Crippen LogP contribution < -0.4 is 5.32 Å². The second-order valence-electron chi connectivity index (χ2n) is 4.57. The average Bonchev–Trinajstić information content (AvgIpc) is 2.82. The zero-order valence-electron chi connectivity index (χ0n) is 10.2. The van der Waals surface area contributed by atoms with Gasteiger partial charge in [-0.3, -0.25) is 4.79 Å². The van der Waals surface area contributed by atoms with E-state index >= 15 is 0 Å². The maximum atomic E-state index is 13.1. The van der Waals surface area contributed by atoms with Gasteiger partial charge in [-0.25, -0.2) is 4.39 Å². The minimum absolute atomic E-state index is 0.270. The van der Waals surface area contributed by atoms with Crippen molar-refractivity contribution in [3.8, 4) is 0 Å². The van der Waals surface area contributed by atoms with Crippen LogP contribution in [0.15, 0.2) is 41.8 Å². The van der Waals surface area contributed by atoms with Crippen LogP contribution in [0.2, 0.25) is 0 Å². The first-order valence-corrected chi connectivity index (χ1v) is 6.49. The fourth-order valence-electron chi connectivity index (χ4n) is 1.68. The SMILES string of the molecule is CC(C)(NC(=O)c1cccc(F)c1)c1cccs1. The van der Waals surface area contributed by atoms with E-state index in [4.69, 9.17) is 0 Å². The average molecular weight is 263 g/mol. The van der Waals surface area contributed by atoms with Gasteiger partial charge >= 0.3 is 0 Å². The van der Waals surface area contributed by atoms with Crippen molar-refractivity contribution in [2.75, 3.05) is 0 Å². The van der Waals surface area contributed by atoms with Gasteiger partial charge in [-0.15, -0.1) is 11.3 Å². The number of hydrogen-bond acceptors (Lipinski definition) is 2. The molecule has 1 heterocycles. The van der Waals surface area contributed by atoms with E-state index in [9.17, 15) is 9.18 Å². The smallest absolute Gasteiger partial charge is 0.252 e. The molecule has 94 valence electrons. The molecule has 0 aliphatic heterocycles. The van der Waals surface area contributed by atoms with Crippen molar-refractivity contribution >= 4 is 17.2 Å². The molecule has 1 N–H and O–H groups in total. The van der Waals surface area contributed by atoms with Crippen LogP contribution >= 0.6 is 11.3 Å². The summed E-state index contributed by atoms with van der Waals surface area (Å²) in [6.45, 7) is 3.85. The molecule has 0 radical (unpaired) electrons. The lowest BCUT2D eigenvalue weighted by atomic mass is 10.0. The van der Waals surface area contributed by atoms with Gasteiger partial charge in [0.1, 0.15) is 5.82 Å². The topological polar surface area (TPSA) is 29.1 Å². The Balaban J connectivity index is 2.17. The number of hydrogen-bond donors (Lipinski definition) is 1. The molecule has 0 atom stereocenters. The number of rotatable bonds is 3. The van der Waals surface area contributed by atoms with Crippen LogP contribution in [-0.4, -0.2) is 5.91 Å². The first kappa shape index (κ1) is 12.8. The molecule has 0 fully saturated rings. The van der Waals surface area contributed by atoms with E-state index in [2.05, 4.69) is 5.32 Å². The van der Waals surface area contributed by atoms with Crippen molar-refractivity contribution in [3.63, 3.8) is 0 Å². The van der Waals surface area contributed by atoms with Gasteiger partial charge in [-0.05, 0) is 43.5 Å². The van der Waals surface area contributed by atoms with Crippen LogP contribution in [0.25, 0.3) is 0 Å². The predicted octanol–water partition coefficient (Wildman–Crippen LogP) is 3.55. The summed E-state index contributed by atoms with van der Waals surface area (Å²) in [6.07, 6.45) is 0. The Morgan fingerprint density at radius 3 is 2.67 bits per heavy atom. The Hall–Kier alpha value is -1.68. The fraction of sp³-hybridized carbons (Fsp3) is 0.214. The predicted molar refractivity (Wildman–Crippen MR) is 71.2 cm³/mol. The molecular weight excluding hydrogens is 249 g/mol. The molecule has 0 aliphatic rings. The van der Waals surface area contributed by atoms with Crippen molar-refractivity contribution < 1.29 is 9.18 Å². The van der Waals surface area contributed by atoms with Gasteiger partial charge in [0.2, 0.25) is 0 Å². The summed E-state index contributed by atoms with van der Waals surface area (Å²) in [5.41, 5.74) is -0.128. The molecule has 1 amide bonds. The number of carbonyl (C=O) groups is 1. The fourth-order valence-corrected chi connectivity index (χ4v) is 2.49. The zero-order chi connectivity index (χ0) is 13.2. The second kappa shape index (κ2) is 4.90. The minimum Gasteiger partial charge on any atom is -0.342 e. The van der Waals surface area contributed by atoms with E-state index < -0.39 is 11.4 Å². The van der Waals surface area contributed by atoms with Gasteiger partial charge in [0.05, 0.1) is 5.54 Å². The van der Waals surface area contributed by atoms with Gasteiger partial charge < -0.3 is 5.32 Å².